The number of halogens is 1. The third-order valence-corrected chi connectivity index (χ3v) is 3.76. The summed E-state index contributed by atoms with van der Waals surface area (Å²) in [4.78, 5) is 12.1. The summed E-state index contributed by atoms with van der Waals surface area (Å²) in [5.41, 5.74) is 0.650. The van der Waals surface area contributed by atoms with Crippen molar-refractivity contribution >= 4 is 28.5 Å². The fourth-order valence-corrected chi connectivity index (χ4v) is 2.20. The van der Waals surface area contributed by atoms with Crippen LogP contribution < -0.4 is 14.8 Å². The van der Waals surface area contributed by atoms with Crippen LogP contribution in [0.15, 0.2) is 48.5 Å². The molecule has 2 rings (SSSR count). The molecular formula is C17H18INO3. The summed E-state index contributed by atoms with van der Waals surface area (Å²) in [5, 5.41) is 2.92. The minimum atomic E-state index is -0.0952. The molecule has 2 aromatic carbocycles. The average molecular weight is 411 g/mol. The average Bonchev–Trinajstić information content (AvgIpc) is 2.54. The second kappa shape index (κ2) is 8.03. The molecule has 0 saturated carbocycles. The molecule has 1 atom stereocenters. The lowest BCUT2D eigenvalue weighted by atomic mass is 10.2. The molecule has 0 heterocycles. The van der Waals surface area contributed by atoms with Crippen LogP contribution in [0.3, 0.4) is 0 Å². The molecule has 1 amide bonds. The van der Waals surface area contributed by atoms with Crippen molar-refractivity contribution in [3.05, 3.63) is 57.7 Å². The lowest BCUT2D eigenvalue weighted by Gasteiger charge is -2.15. The molecule has 0 unspecified atom stereocenters. The van der Waals surface area contributed by atoms with Gasteiger partial charge in [0.1, 0.15) is 18.1 Å². The summed E-state index contributed by atoms with van der Waals surface area (Å²) in [7, 11) is 1.62. The second-order valence-electron chi connectivity index (χ2n) is 4.87. The molecule has 0 spiro atoms. The number of carbonyl (C=O) groups excluding carboxylic acids is 1. The number of hydrogen-bond acceptors (Lipinski definition) is 3. The maximum absolute atomic E-state index is 12.1. The molecule has 0 saturated heterocycles. The maximum Gasteiger partial charge on any atom is 0.251 e. The van der Waals surface area contributed by atoms with Crippen LogP contribution in [0.25, 0.3) is 0 Å². The van der Waals surface area contributed by atoms with Crippen molar-refractivity contribution in [3.63, 3.8) is 0 Å². The van der Waals surface area contributed by atoms with Gasteiger partial charge >= 0.3 is 0 Å². The number of hydrogen-bond donors (Lipinski definition) is 1. The molecule has 0 bridgehead atoms. The van der Waals surface area contributed by atoms with Crippen LogP contribution in [0.2, 0.25) is 0 Å². The lowest BCUT2D eigenvalue weighted by molar-refractivity contribution is 0.0926. The van der Waals surface area contributed by atoms with Gasteiger partial charge in [-0.2, -0.15) is 0 Å². The molecule has 0 fully saturated rings. The first kappa shape index (κ1) is 16.6. The zero-order valence-electron chi connectivity index (χ0n) is 12.5. The van der Waals surface area contributed by atoms with Crippen LogP contribution in [0, 0.1) is 3.57 Å². The van der Waals surface area contributed by atoms with Gasteiger partial charge in [0.25, 0.3) is 5.91 Å². The van der Waals surface area contributed by atoms with E-state index in [1.165, 1.54) is 0 Å². The fourth-order valence-electron chi connectivity index (χ4n) is 1.84. The Morgan fingerprint density at radius 2 is 1.68 bits per heavy atom. The summed E-state index contributed by atoms with van der Waals surface area (Å²) < 4.78 is 11.8. The summed E-state index contributed by atoms with van der Waals surface area (Å²) in [6, 6.07) is 14.7. The highest BCUT2D eigenvalue weighted by Crippen LogP contribution is 2.17. The highest BCUT2D eigenvalue weighted by Gasteiger charge is 2.10. The topological polar surface area (TPSA) is 47.6 Å². The van der Waals surface area contributed by atoms with Crippen molar-refractivity contribution in [3.8, 4) is 11.5 Å². The first-order valence-electron chi connectivity index (χ1n) is 6.92. The van der Waals surface area contributed by atoms with Gasteiger partial charge in [0, 0.05) is 9.13 Å². The van der Waals surface area contributed by atoms with Crippen molar-refractivity contribution < 1.29 is 14.3 Å². The third kappa shape index (κ3) is 4.91. The van der Waals surface area contributed by atoms with E-state index in [1.807, 2.05) is 55.5 Å². The van der Waals surface area contributed by atoms with E-state index >= 15 is 0 Å². The molecule has 4 nitrogen and oxygen atoms in total. The Morgan fingerprint density at radius 1 is 1.09 bits per heavy atom. The first-order chi connectivity index (χ1) is 10.6. The molecule has 2 aromatic rings. The molecule has 5 heteroatoms. The van der Waals surface area contributed by atoms with Gasteiger partial charge in [-0.25, -0.2) is 0 Å². The molecule has 116 valence electrons. The zero-order valence-corrected chi connectivity index (χ0v) is 14.7. The zero-order chi connectivity index (χ0) is 15.9. The van der Waals surface area contributed by atoms with Crippen molar-refractivity contribution in [2.75, 3.05) is 13.7 Å². The SMILES string of the molecule is COc1ccc(OC[C@@H](C)NC(=O)c2ccc(I)cc2)cc1. The number of carbonyl (C=O) groups is 1. The van der Waals surface area contributed by atoms with E-state index in [-0.39, 0.29) is 11.9 Å². The Kier molecular flexibility index (Phi) is 6.06. The summed E-state index contributed by atoms with van der Waals surface area (Å²) in [6.07, 6.45) is 0. The summed E-state index contributed by atoms with van der Waals surface area (Å²) in [6.45, 7) is 2.32. The Labute approximate surface area is 144 Å². The van der Waals surface area contributed by atoms with E-state index in [0.717, 1.165) is 15.1 Å². The Balaban J connectivity index is 1.82. The fraction of sp³-hybridized carbons (Fsp3) is 0.235. The molecule has 0 radical (unpaired) electrons. The minimum absolute atomic E-state index is 0.0890. The van der Waals surface area contributed by atoms with Crippen LogP contribution in [-0.4, -0.2) is 25.7 Å². The van der Waals surface area contributed by atoms with Gasteiger partial charge in [-0.1, -0.05) is 0 Å². The molecule has 22 heavy (non-hydrogen) atoms. The monoisotopic (exact) mass is 411 g/mol. The molecule has 1 N–H and O–H groups in total. The number of amides is 1. The second-order valence-corrected chi connectivity index (χ2v) is 6.11. The van der Waals surface area contributed by atoms with E-state index in [2.05, 4.69) is 27.9 Å². The Morgan fingerprint density at radius 3 is 2.27 bits per heavy atom. The molecule has 0 aromatic heterocycles. The number of rotatable bonds is 6. The van der Waals surface area contributed by atoms with Crippen LogP contribution in [0.4, 0.5) is 0 Å². The van der Waals surface area contributed by atoms with Gasteiger partial charge in [-0.3, -0.25) is 4.79 Å². The largest absolute Gasteiger partial charge is 0.497 e. The Bertz CT molecular complexity index is 611. The predicted octanol–water partition coefficient (Wildman–Crippen LogP) is 3.50. The van der Waals surface area contributed by atoms with Crippen LogP contribution >= 0.6 is 22.6 Å². The smallest absolute Gasteiger partial charge is 0.251 e. The van der Waals surface area contributed by atoms with Crippen molar-refractivity contribution in [2.24, 2.45) is 0 Å². The van der Waals surface area contributed by atoms with Crippen LogP contribution in [0.5, 0.6) is 11.5 Å². The van der Waals surface area contributed by atoms with E-state index in [9.17, 15) is 4.79 Å². The normalized spacial score (nSPS) is 11.6. The third-order valence-electron chi connectivity index (χ3n) is 3.04. The van der Waals surface area contributed by atoms with E-state index in [0.29, 0.717) is 12.2 Å². The van der Waals surface area contributed by atoms with Crippen molar-refractivity contribution in [1.82, 2.24) is 5.32 Å². The van der Waals surface area contributed by atoms with Crippen molar-refractivity contribution in [1.29, 1.82) is 0 Å². The van der Waals surface area contributed by atoms with Gasteiger partial charge in [0.05, 0.1) is 13.2 Å². The number of ether oxygens (including phenoxy) is 2. The van der Waals surface area contributed by atoms with Crippen LogP contribution in [-0.2, 0) is 0 Å². The Hall–Kier alpha value is -1.76. The minimum Gasteiger partial charge on any atom is -0.497 e. The number of methoxy groups -OCH3 is 1. The highest BCUT2D eigenvalue weighted by atomic mass is 127. The lowest BCUT2D eigenvalue weighted by Crippen LogP contribution is -2.36. The molecule has 0 aliphatic carbocycles. The van der Waals surface area contributed by atoms with E-state index in [1.54, 1.807) is 7.11 Å². The van der Waals surface area contributed by atoms with Crippen molar-refractivity contribution in [2.45, 2.75) is 13.0 Å². The van der Waals surface area contributed by atoms with Gasteiger partial charge in [0.15, 0.2) is 0 Å². The number of benzene rings is 2. The molecule has 0 aliphatic heterocycles. The quantitative estimate of drug-likeness (QED) is 0.741. The molecule has 0 aliphatic rings. The molecular weight excluding hydrogens is 393 g/mol. The highest BCUT2D eigenvalue weighted by molar-refractivity contribution is 14.1. The van der Waals surface area contributed by atoms with Gasteiger partial charge < -0.3 is 14.8 Å². The maximum atomic E-state index is 12.1. The summed E-state index contributed by atoms with van der Waals surface area (Å²) in [5.74, 6) is 1.44. The number of nitrogens with one attached hydrogen (secondary N) is 1. The van der Waals surface area contributed by atoms with E-state index < -0.39 is 0 Å². The first-order valence-corrected chi connectivity index (χ1v) is 7.99. The summed E-state index contributed by atoms with van der Waals surface area (Å²) >= 11 is 2.21. The van der Waals surface area contributed by atoms with Gasteiger partial charge in [0.2, 0.25) is 0 Å². The predicted molar refractivity (Wildman–Crippen MR) is 94.6 cm³/mol. The van der Waals surface area contributed by atoms with E-state index in [4.69, 9.17) is 9.47 Å². The standard InChI is InChI=1S/C17H18INO3/c1-12(11-22-16-9-7-15(21-2)8-10-16)19-17(20)13-3-5-14(18)6-4-13/h3-10,12H,11H2,1-2H3,(H,19,20)/t12-/m1/s1. The van der Waals surface area contributed by atoms with Gasteiger partial charge in [-0.05, 0) is 78.0 Å². The van der Waals surface area contributed by atoms with Crippen LogP contribution in [0.1, 0.15) is 17.3 Å². The van der Waals surface area contributed by atoms with Gasteiger partial charge in [-0.15, -0.1) is 0 Å².